The first kappa shape index (κ1) is 22.8. The molecule has 2 heterocycles. The number of fused-ring (bicyclic) bond motifs is 3. The summed E-state index contributed by atoms with van der Waals surface area (Å²) in [5, 5.41) is 9.61. The van der Waals surface area contributed by atoms with Gasteiger partial charge in [0.15, 0.2) is 17.3 Å². The van der Waals surface area contributed by atoms with Crippen molar-refractivity contribution >= 4 is 17.3 Å². The molecule has 0 bridgehead atoms. The first-order valence-corrected chi connectivity index (χ1v) is 11.6. The van der Waals surface area contributed by atoms with Crippen molar-refractivity contribution in [3.8, 4) is 11.8 Å². The maximum Gasteiger partial charge on any atom is 0.180 e. The van der Waals surface area contributed by atoms with Crippen LogP contribution in [0.4, 0.5) is 0 Å². The van der Waals surface area contributed by atoms with Gasteiger partial charge in [0.2, 0.25) is 0 Å². The van der Waals surface area contributed by atoms with Gasteiger partial charge in [-0.1, -0.05) is 63.2 Å². The highest BCUT2D eigenvalue weighted by molar-refractivity contribution is 6.31. The normalized spacial score (nSPS) is 24.1. The molecule has 0 unspecified atom stereocenters. The Balaban J connectivity index is 1.83. The van der Waals surface area contributed by atoms with Gasteiger partial charge in [-0.25, -0.2) is 0 Å². The van der Waals surface area contributed by atoms with E-state index in [1.807, 2.05) is 32.9 Å². The first-order valence-electron chi connectivity index (χ1n) is 11.6. The third kappa shape index (κ3) is 3.04. The molecule has 0 radical (unpaired) electrons. The molecule has 6 heteroatoms. The Bertz CT molecular complexity index is 1320. The molecule has 1 saturated heterocycles. The molecule has 176 valence electrons. The Morgan fingerprint density at radius 2 is 1.63 bits per heavy atom. The summed E-state index contributed by atoms with van der Waals surface area (Å²) in [5.41, 5.74) is -0.444. The summed E-state index contributed by atoms with van der Waals surface area (Å²) in [6.45, 7) is 5.51. The number of benzene rings is 2. The van der Waals surface area contributed by atoms with E-state index in [4.69, 9.17) is 4.74 Å². The lowest BCUT2D eigenvalue weighted by molar-refractivity contribution is -0.130. The summed E-state index contributed by atoms with van der Waals surface area (Å²) in [6.07, 6.45) is 5.02. The number of Topliss-reactive ketones (excluding diaryl/α,β-unsaturated/α-hetero) is 3. The summed E-state index contributed by atoms with van der Waals surface area (Å²) in [5.74, 6) is -0.777. The number of nitriles is 1. The number of allylic oxidation sites excluding steroid dienone is 2. The van der Waals surface area contributed by atoms with Gasteiger partial charge in [0.25, 0.3) is 0 Å². The number of ether oxygens (including phenoxy) is 1. The van der Waals surface area contributed by atoms with Crippen LogP contribution in [0.15, 0.2) is 72.5 Å². The number of carbonyl (C=O) groups excluding carboxylic acids is 3. The fourth-order valence-electron chi connectivity index (χ4n) is 5.86. The fraction of sp³-hybridized carbons (Fsp3) is 0.310. The predicted octanol–water partition coefficient (Wildman–Crippen LogP) is 4.49. The Labute approximate surface area is 204 Å². The Morgan fingerprint density at radius 1 is 1.03 bits per heavy atom. The van der Waals surface area contributed by atoms with E-state index in [2.05, 4.69) is 6.07 Å². The van der Waals surface area contributed by atoms with E-state index in [1.165, 1.54) is 0 Å². The molecule has 6 nitrogen and oxygen atoms in total. The molecule has 0 aromatic heterocycles. The molecule has 1 aliphatic carbocycles. The van der Waals surface area contributed by atoms with Crippen LogP contribution in [0.25, 0.3) is 0 Å². The average molecular weight is 467 g/mol. The molecule has 2 aromatic carbocycles. The first-order chi connectivity index (χ1) is 16.7. The van der Waals surface area contributed by atoms with Crippen molar-refractivity contribution < 1.29 is 19.1 Å². The maximum absolute atomic E-state index is 14.3. The molecule has 0 saturated carbocycles. The molecular weight excluding hydrogens is 440 g/mol. The number of nitrogens with zero attached hydrogens (tertiary/aromatic N) is 2. The minimum Gasteiger partial charge on any atom is -0.497 e. The fourth-order valence-corrected chi connectivity index (χ4v) is 5.86. The Kier molecular flexibility index (Phi) is 5.06. The van der Waals surface area contributed by atoms with Crippen molar-refractivity contribution in [2.45, 2.75) is 38.8 Å². The van der Waals surface area contributed by atoms with E-state index in [0.717, 1.165) is 0 Å². The smallest absolute Gasteiger partial charge is 0.180 e. The van der Waals surface area contributed by atoms with Crippen molar-refractivity contribution in [2.24, 2.45) is 10.8 Å². The zero-order valence-corrected chi connectivity index (χ0v) is 20.1. The van der Waals surface area contributed by atoms with Crippen LogP contribution in [0.5, 0.6) is 5.75 Å². The van der Waals surface area contributed by atoms with Crippen LogP contribution in [-0.2, 0) is 4.79 Å². The van der Waals surface area contributed by atoms with Crippen LogP contribution in [0, 0.1) is 22.2 Å². The van der Waals surface area contributed by atoms with Crippen LogP contribution in [0.1, 0.15) is 53.0 Å². The molecule has 1 spiro atoms. The molecule has 2 aromatic rings. The van der Waals surface area contributed by atoms with Gasteiger partial charge in [-0.05, 0) is 23.8 Å². The van der Waals surface area contributed by atoms with Crippen LogP contribution in [0.3, 0.4) is 0 Å². The second-order valence-electron chi connectivity index (χ2n) is 10.3. The molecule has 3 atom stereocenters. The monoisotopic (exact) mass is 466 g/mol. The van der Waals surface area contributed by atoms with Crippen molar-refractivity contribution in [2.75, 3.05) is 7.11 Å². The van der Waals surface area contributed by atoms with E-state index in [0.29, 0.717) is 28.0 Å². The second kappa shape index (κ2) is 7.78. The number of methoxy groups -OCH3 is 1. The average Bonchev–Trinajstić information content (AvgIpc) is 3.28. The van der Waals surface area contributed by atoms with Crippen molar-refractivity contribution in [1.29, 1.82) is 5.26 Å². The molecule has 0 amide bonds. The quantitative estimate of drug-likeness (QED) is 0.620. The Hall–Kier alpha value is -3.98. The lowest BCUT2D eigenvalue weighted by Gasteiger charge is -2.34. The second-order valence-corrected chi connectivity index (χ2v) is 10.3. The third-order valence-electron chi connectivity index (χ3n) is 7.44. The number of ketones is 3. The van der Waals surface area contributed by atoms with Crippen LogP contribution < -0.4 is 4.74 Å². The van der Waals surface area contributed by atoms with E-state index in [9.17, 15) is 19.6 Å². The lowest BCUT2D eigenvalue weighted by Crippen LogP contribution is -2.47. The molecule has 2 aliphatic heterocycles. The van der Waals surface area contributed by atoms with E-state index in [1.54, 1.807) is 66.8 Å². The van der Waals surface area contributed by atoms with Gasteiger partial charge in [0.1, 0.15) is 17.2 Å². The highest BCUT2D eigenvalue weighted by atomic mass is 16.5. The third-order valence-corrected chi connectivity index (χ3v) is 7.44. The number of hydrogen-bond donors (Lipinski definition) is 0. The minimum absolute atomic E-state index is 0.0967. The van der Waals surface area contributed by atoms with Gasteiger partial charge in [-0.3, -0.25) is 14.4 Å². The van der Waals surface area contributed by atoms with E-state index < -0.39 is 28.8 Å². The van der Waals surface area contributed by atoms with Crippen LogP contribution in [-0.4, -0.2) is 41.4 Å². The van der Waals surface area contributed by atoms with Gasteiger partial charge in [-0.2, -0.15) is 5.26 Å². The molecule has 5 rings (SSSR count). The zero-order chi connectivity index (χ0) is 25.1. The molecular formula is C29H26N2O4. The highest BCUT2D eigenvalue weighted by Gasteiger charge is 2.71. The molecule has 1 fully saturated rings. The van der Waals surface area contributed by atoms with Gasteiger partial charge < -0.3 is 9.64 Å². The standard InChI is InChI=1S/C29H26N2O4/c1-28(2,3)27(34)24-23(18-10-12-19(35-4)13-11-18)29(22-14-9-17(15-30)16-31(22)24)25(32)20-7-5-6-8-21(20)26(29)33/h5-14,16,22-24H,1-4H3/t22-,23-,24-/m1/s1. The highest BCUT2D eigenvalue weighted by Crippen LogP contribution is 2.60. The lowest BCUT2D eigenvalue weighted by atomic mass is 9.63. The maximum atomic E-state index is 14.3. The molecule has 0 N–H and O–H groups in total. The largest absolute Gasteiger partial charge is 0.497 e. The number of rotatable bonds is 3. The van der Waals surface area contributed by atoms with Gasteiger partial charge in [0.05, 0.1) is 24.8 Å². The summed E-state index contributed by atoms with van der Waals surface area (Å²) in [4.78, 5) is 44.3. The van der Waals surface area contributed by atoms with Gasteiger partial charge in [0, 0.05) is 28.7 Å². The number of carbonyl (C=O) groups is 3. The molecule has 35 heavy (non-hydrogen) atoms. The van der Waals surface area contributed by atoms with Crippen molar-refractivity contribution in [3.63, 3.8) is 0 Å². The molecule has 3 aliphatic rings. The zero-order valence-electron chi connectivity index (χ0n) is 20.1. The van der Waals surface area contributed by atoms with E-state index >= 15 is 0 Å². The van der Waals surface area contributed by atoms with Gasteiger partial charge >= 0.3 is 0 Å². The van der Waals surface area contributed by atoms with Crippen LogP contribution in [0.2, 0.25) is 0 Å². The summed E-state index contributed by atoms with van der Waals surface area (Å²) < 4.78 is 5.33. The van der Waals surface area contributed by atoms with Crippen molar-refractivity contribution in [3.05, 3.63) is 89.1 Å². The predicted molar refractivity (Wildman–Crippen MR) is 130 cm³/mol. The summed E-state index contributed by atoms with van der Waals surface area (Å²) in [7, 11) is 1.57. The van der Waals surface area contributed by atoms with Crippen molar-refractivity contribution in [1.82, 2.24) is 4.90 Å². The SMILES string of the molecule is COc1ccc([C@@H]2[C@H](C(=O)C(C)(C)C)N3C=C(C#N)C=C[C@@H]3C23C(=O)c2ccccc2C3=O)cc1. The van der Waals surface area contributed by atoms with Crippen LogP contribution >= 0.6 is 0 Å². The minimum atomic E-state index is -1.53. The van der Waals surface area contributed by atoms with Gasteiger partial charge in [-0.15, -0.1) is 0 Å². The summed E-state index contributed by atoms with van der Waals surface area (Å²) in [6, 6.07) is 14.7. The summed E-state index contributed by atoms with van der Waals surface area (Å²) >= 11 is 0. The number of hydrogen-bond acceptors (Lipinski definition) is 6. The van der Waals surface area contributed by atoms with E-state index in [-0.39, 0.29) is 17.3 Å². The Morgan fingerprint density at radius 3 is 2.14 bits per heavy atom. The topological polar surface area (TPSA) is 87.5 Å².